The van der Waals surface area contributed by atoms with E-state index in [0.29, 0.717) is 5.88 Å². The molecule has 0 saturated heterocycles. The van der Waals surface area contributed by atoms with Crippen LogP contribution in [0.15, 0.2) is 30.3 Å². The predicted molar refractivity (Wildman–Crippen MR) is 62.3 cm³/mol. The van der Waals surface area contributed by atoms with Gasteiger partial charge in [-0.05, 0) is 12.1 Å². The van der Waals surface area contributed by atoms with Crippen molar-refractivity contribution in [1.29, 1.82) is 0 Å². The molecule has 1 heterocycles. The molecular weight excluding hydrogens is 204 g/mol. The molecule has 0 saturated carbocycles. The number of hydrogen-bond donors (Lipinski definition) is 2. The minimum Gasteiger partial charge on any atom is -0.481 e. The van der Waals surface area contributed by atoms with Gasteiger partial charge >= 0.3 is 0 Å². The lowest BCUT2D eigenvalue weighted by Gasteiger charge is -2.13. The zero-order valence-electron chi connectivity index (χ0n) is 9.05. The number of ether oxygens (including phenoxy) is 1. The van der Waals surface area contributed by atoms with Gasteiger partial charge in [0.25, 0.3) is 0 Å². The Hall–Kier alpha value is -1.65. The summed E-state index contributed by atoms with van der Waals surface area (Å²) in [5, 5.41) is 10.1. The molecule has 0 aliphatic carbocycles. The molecule has 4 heteroatoms. The second-order valence-electron chi connectivity index (χ2n) is 3.57. The number of nitrogens with zero attached hydrogens (tertiary/aromatic N) is 1. The number of hydrogen-bond acceptors (Lipinski definition) is 4. The first kappa shape index (κ1) is 10.9. The maximum absolute atomic E-state index is 9.07. The first-order valence-electron chi connectivity index (χ1n) is 5.06. The molecule has 0 amide bonds. The lowest BCUT2D eigenvalue weighted by Crippen LogP contribution is -2.16. The maximum atomic E-state index is 9.07. The fourth-order valence-electron chi connectivity index (χ4n) is 1.64. The van der Waals surface area contributed by atoms with E-state index in [1.54, 1.807) is 7.11 Å². The number of para-hydroxylation sites is 1. The summed E-state index contributed by atoms with van der Waals surface area (Å²) in [5.41, 5.74) is 7.37. The largest absolute Gasteiger partial charge is 0.481 e. The standard InChI is InChI=1S/C12H14N2O2/c1-16-12-9(10(13)7-15)6-8-4-2-3-5-11(8)14-12/h2-6,10,15H,7,13H2,1H3. The Bertz CT molecular complexity index is 499. The SMILES string of the molecule is COc1nc2ccccc2cc1C(N)CO. The molecule has 1 aromatic carbocycles. The van der Waals surface area contributed by atoms with Gasteiger partial charge in [-0.2, -0.15) is 0 Å². The van der Waals surface area contributed by atoms with Crippen molar-refractivity contribution in [2.24, 2.45) is 5.73 Å². The Morgan fingerprint density at radius 2 is 2.19 bits per heavy atom. The molecule has 0 spiro atoms. The van der Waals surface area contributed by atoms with Crippen molar-refractivity contribution in [1.82, 2.24) is 4.98 Å². The Morgan fingerprint density at radius 1 is 1.44 bits per heavy atom. The van der Waals surface area contributed by atoms with Gasteiger partial charge in [0.2, 0.25) is 5.88 Å². The lowest BCUT2D eigenvalue weighted by molar-refractivity contribution is 0.264. The van der Waals surface area contributed by atoms with Crippen molar-refractivity contribution in [2.45, 2.75) is 6.04 Å². The molecule has 2 rings (SSSR count). The Balaban J connectivity index is 2.62. The van der Waals surface area contributed by atoms with Gasteiger partial charge in [-0.3, -0.25) is 0 Å². The summed E-state index contributed by atoms with van der Waals surface area (Å²) in [6.07, 6.45) is 0. The monoisotopic (exact) mass is 218 g/mol. The Morgan fingerprint density at radius 3 is 2.88 bits per heavy atom. The highest BCUT2D eigenvalue weighted by molar-refractivity contribution is 5.80. The molecule has 1 aromatic heterocycles. The summed E-state index contributed by atoms with van der Waals surface area (Å²) < 4.78 is 5.17. The van der Waals surface area contributed by atoms with Crippen LogP contribution < -0.4 is 10.5 Å². The highest BCUT2D eigenvalue weighted by atomic mass is 16.5. The van der Waals surface area contributed by atoms with Crippen LogP contribution in [0.2, 0.25) is 0 Å². The van der Waals surface area contributed by atoms with E-state index < -0.39 is 6.04 Å². The summed E-state index contributed by atoms with van der Waals surface area (Å²) in [7, 11) is 1.55. The summed E-state index contributed by atoms with van der Waals surface area (Å²) >= 11 is 0. The summed E-state index contributed by atoms with van der Waals surface area (Å²) in [6.45, 7) is -0.129. The van der Waals surface area contributed by atoms with Crippen LogP contribution in [0.3, 0.4) is 0 Å². The van der Waals surface area contributed by atoms with Crippen molar-refractivity contribution in [3.05, 3.63) is 35.9 Å². The molecule has 0 radical (unpaired) electrons. The minimum atomic E-state index is -0.466. The summed E-state index contributed by atoms with van der Waals surface area (Å²) in [4.78, 5) is 4.35. The van der Waals surface area contributed by atoms with Crippen LogP contribution in [0.25, 0.3) is 10.9 Å². The van der Waals surface area contributed by atoms with Crippen LogP contribution in [0.4, 0.5) is 0 Å². The van der Waals surface area contributed by atoms with Crippen molar-refractivity contribution in [3.8, 4) is 5.88 Å². The number of aliphatic hydroxyl groups is 1. The molecule has 16 heavy (non-hydrogen) atoms. The van der Waals surface area contributed by atoms with Crippen LogP contribution in [-0.4, -0.2) is 23.8 Å². The van der Waals surface area contributed by atoms with Crippen LogP contribution in [0.5, 0.6) is 5.88 Å². The van der Waals surface area contributed by atoms with Gasteiger partial charge in [-0.1, -0.05) is 18.2 Å². The van der Waals surface area contributed by atoms with E-state index in [9.17, 15) is 0 Å². The highest BCUT2D eigenvalue weighted by Gasteiger charge is 2.13. The normalized spacial score (nSPS) is 12.7. The van der Waals surface area contributed by atoms with Crippen molar-refractivity contribution < 1.29 is 9.84 Å². The van der Waals surface area contributed by atoms with Crippen LogP contribution >= 0.6 is 0 Å². The Labute approximate surface area is 93.7 Å². The van der Waals surface area contributed by atoms with Crippen molar-refractivity contribution in [3.63, 3.8) is 0 Å². The third kappa shape index (κ3) is 1.85. The number of nitrogens with two attached hydrogens (primary N) is 1. The fourth-order valence-corrected chi connectivity index (χ4v) is 1.64. The fraction of sp³-hybridized carbons (Fsp3) is 0.250. The van der Waals surface area contributed by atoms with E-state index in [2.05, 4.69) is 4.98 Å². The summed E-state index contributed by atoms with van der Waals surface area (Å²) in [6, 6.07) is 9.15. The van der Waals surface area contributed by atoms with Gasteiger partial charge in [0.15, 0.2) is 0 Å². The average Bonchev–Trinajstić information content (AvgIpc) is 2.36. The van der Waals surface area contributed by atoms with Crippen LogP contribution in [0.1, 0.15) is 11.6 Å². The topological polar surface area (TPSA) is 68.4 Å². The van der Waals surface area contributed by atoms with Gasteiger partial charge in [0.05, 0.1) is 25.3 Å². The summed E-state index contributed by atoms with van der Waals surface area (Å²) in [5.74, 6) is 0.472. The first-order valence-corrected chi connectivity index (χ1v) is 5.06. The molecular formula is C12H14N2O2. The van der Waals surface area contributed by atoms with E-state index in [0.717, 1.165) is 16.5 Å². The van der Waals surface area contributed by atoms with Crippen molar-refractivity contribution >= 4 is 10.9 Å². The molecule has 0 aliphatic rings. The van der Waals surface area contributed by atoms with Gasteiger partial charge in [0.1, 0.15) is 0 Å². The number of methoxy groups -OCH3 is 1. The van der Waals surface area contributed by atoms with Crippen LogP contribution in [-0.2, 0) is 0 Å². The Kier molecular flexibility index (Phi) is 3.03. The first-order chi connectivity index (χ1) is 7.76. The molecule has 84 valence electrons. The molecule has 3 N–H and O–H groups in total. The van der Waals surface area contributed by atoms with Crippen LogP contribution in [0, 0.1) is 0 Å². The smallest absolute Gasteiger partial charge is 0.218 e. The second-order valence-corrected chi connectivity index (χ2v) is 3.57. The zero-order chi connectivity index (χ0) is 11.5. The number of aliphatic hydroxyl groups excluding tert-OH is 1. The van der Waals surface area contributed by atoms with Gasteiger partial charge in [-0.25, -0.2) is 4.98 Å². The number of fused-ring (bicyclic) bond motifs is 1. The molecule has 1 unspecified atom stereocenters. The van der Waals surface area contributed by atoms with Crippen molar-refractivity contribution in [2.75, 3.05) is 13.7 Å². The molecule has 1 atom stereocenters. The quantitative estimate of drug-likeness (QED) is 0.813. The number of benzene rings is 1. The third-order valence-electron chi connectivity index (χ3n) is 2.51. The number of aromatic nitrogens is 1. The van der Waals surface area contributed by atoms with Gasteiger partial charge < -0.3 is 15.6 Å². The molecule has 0 fully saturated rings. The lowest BCUT2D eigenvalue weighted by atomic mass is 10.1. The maximum Gasteiger partial charge on any atom is 0.218 e. The highest BCUT2D eigenvalue weighted by Crippen LogP contribution is 2.25. The number of pyridine rings is 1. The third-order valence-corrected chi connectivity index (χ3v) is 2.51. The van der Waals surface area contributed by atoms with E-state index in [1.165, 1.54) is 0 Å². The van der Waals surface area contributed by atoms with Gasteiger partial charge in [0, 0.05) is 10.9 Å². The average molecular weight is 218 g/mol. The molecule has 2 aromatic rings. The van der Waals surface area contributed by atoms with Gasteiger partial charge in [-0.15, -0.1) is 0 Å². The zero-order valence-corrected chi connectivity index (χ0v) is 9.05. The molecule has 0 bridgehead atoms. The van der Waals surface area contributed by atoms with E-state index >= 15 is 0 Å². The van der Waals surface area contributed by atoms with E-state index in [1.807, 2.05) is 30.3 Å². The predicted octanol–water partition coefficient (Wildman–Crippen LogP) is 1.24. The molecule has 0 aliphatic heterocycles. The minimum absolute atomic E-state index is 0.129. The van der Waals surface area contributed by atoms with E-state index in [4.69, 9.17) is 15.6 Å². The molecule has 4 nitrogen and oxygen atoms in total. The van der Waals surface area contributed by atoms with E-state index in [-0.39, 0.29) is 6.61 Å². The second kappa shape index (κ2) is 4.47. The number of rotatable bonds is 3.